The number of nitriles is 1. The molecule has 17 heteroatoms. The quantitative estimate of drug-likeness (QED) is 0.147. The van der Waals surface area contributed by atoms with Gasteiger partial charge in [-0.1, -0.05) is 24.2 Å². The first-order chi connectivity index (χ1) is 23.3. The van der Waals surface area contributed by atoms with Crippen molar-refractivity contribution in [1.82, 2.24) is 14.9 Å². The molecule has 0 bridgehead atoms. The maximum absolute atomic E-state index is 17.0. The predicted molar refractivity (Wildman–Crippen MR) is 171 cm³/mol. The standard InChI is InChI=1S/C32H26ClF7N6O2S/c1-13(28(39)40)18-11-47-26-22-25(24(38)21(23(26)33)15-3-4-17(35)27-20(15)16(8-41)29(42)49-27)43-31(44-30(22)46(18)10-19(36)37)48-12-32-5-2-6-45(32)9-14(34)7-32/h3-4,14,18-19,28H,1-2,5-7,9-12,42H2/t14-,18-,32+/m1/s1. The van der Waals surface area contributed by atoms with E-state index >= 15 is 4.39 Å². The number of nitrogens with zero attached hydrogens (tertiary/aromatic N) is 5. The first-order valence-electron chi connectivity index (χ1n) is 15.1. The summed E-state index contributed by atoms with van der Waals surface area (Å²) in [5, 5.41) is 9.04. The molecule has 8 nitrogen and oxygen atoms in total. The van der Waals surface area contributed by atoms with Crippen molar-refractivity contribution in [3.8, 4) is 29.0 Å². The van der Waals surface area contributed by atoms with Crippen LogP contribution in [0.1, 0.15) is 24.8 Å². The van der Waals surface area contributed by atoms with E-state index < -0.39 is 88.9 Å². The fraction of sp³-hybridized carbons (Fsp3) is 0.406. The summed E-state index contributed by atoms with van der Waals surface area (Å²) in [5.74, 6) is -2.63. The maximum Gasteiger partial charge on any atom is 0.319 e. The number of thiophene rings is 1. The highest BCUT2D eigenvalue weighted by Crippen LogP contribution is 2.51. The predicted octanol–water partition coefficient (Wildman–Crippen LogP) is 7.51. The minimum Gasteiger partial charge on any atom is -0.489 e. The van der Waals surface area contributed by atoms with Gasteiger partial charge in [-0.05, 0) is 31.0 Å². The van der Waals surface area contributed by atoms with E-state index in [0.29, 0.717) is 13.0 Å². The van der Waals surface area contributed by atoms with Gasteiger partial charge in [-0.25, -0.2) is 30.7 Å². The highest BCUT2D eigenvalue weighted by molar-refractivity contribution is 7.23. The monoisotopic (exact) mass is 726 g/mol. The first kappa shape index (κ1) is 33.4. The fourth-order valence-corrected chi connectivity index (χ4v) is 8.53. The SMILES string of the molecule is C=C(C(F)F)[C@H]1COc2c(Cl)c(-c3ccc(F)c4sc(N)c(C#N)c34)c(F)c3nc(OC[C@@]45CCCN4C[C@H](F)C5)nc(c23)N1CC(F)F. The lowest BCUT2D eigenvalue weighted by atomic mass is 9.95. The van der Waals surface area contributed by atoms with Gasteiger partial charge in [0.1, 0.15) is 47.6 Å². The maximum atomic E-state index is 17.0. The molecule has 258 valence electrons. The number of benzene rings is 2. The molecular formula is C32H26ClF7N6O2S. The van der Waals surface area contributed by atoms with Crippen molar-refractivity contribution in [2.75, 3.05) is 43.5 Å². The Kier molecular flexibility index (Phi) is 8.43. The second kappa shape index (κ2) is 12.4. The summed E-state index contributed by atoms with van der Waals surface area (Å²) < 4.78 is 115. The van der Waals surface area contributed by atoms with Crippen molar-refractivity contribution in [3.63, 3.8) is 0 Å². The van der Waals surface area contributed by atoms with Gasteiger partial charge in [0.05, 0.1) is 38.8 Å². The first-order valence-corrected chi connectivity index (χ1v) is 16.3. The summed E-state index contributed by atoms with van der Waals surface area (Å²) in [5.41, 5.74) is 3.40. The molecule has 0 saturated carbocycles. The number of fused-ring (bicyclic) bond motifs is 2. The summed E-state index contributed by atoms with van der Waals surface area (Å²) in [7, 11) is 0. The zero-order valence-electron chi connectivity index (χ0n) is 25.4. The van der Waals surface area contributed by atoms with E-state index in [4.69, 9.17) is 26.8 Å². The number of nitrogen functional groups attached to an aromatic ring is 1. The second-order valence-corrected chi connectivity index (χ2v) is 13.7. The number of aromatic nitrogens is 2. The molecule has 0 aliphatic carbocycles. The van der Waals surface area contributed by atoms with Crippen LogP contribution in [0.25, 0.3) is 32.1 Å². The molecule has 2 saturated heterocycles. The van der Waals surface area contributed by atoms with Crippen LogP contribution >= 0.6 is 22.9 Å². The van der Waals surface area contributed by atoms with E-state index in [0.717, 1.165) is 28.7 Å². The Morgan fingerprint density at radius 1 is 1.24 bits per heavy atom. The van der Waals surface area contributed by atoms with Gasteiger partial charge in [0.2, 0.25) is 0 Å². The molecule has 0 spiro atoms. The molecule has 0 unspecified atom stereocenters. The van der Waals surface area contributed by atoms with Crippen LogP contribution in [0.15, 0.2) is 24.3 Å². The van der Waals surface area contributed by atoms with Crippen LogP contribution in [0, 0.1) is 23.0 Å². The van der Waals surface area contributed by atoms with E-state index in [1.165, 1.54) is 6.07 Å². The lowest BCUT2D eigenvalue weighted by molar-refractivity contribution is 0.107. The molecule has 3 aliphatic rings. The Morgan fingerprint density at radius 3 is 2.73 bits per heavy atom. The van der Waals surface area contributed by atoms with Crippen LogP contribution in [0.2, 0.25) is 5.02 Å². The lowest BCUT2D eigenvalue weighted by Gasteiger charge is -2.32. The minimum atomic E-state index is -3.16. The van der Waals surface area contributed by atoms with Crippen molar-refractivity contribution < 1.29 is 40.2 Å². The average molecular weight is 727 g/mol. The largest absolute Gasteiger partial charge is 0.489 e. The van der Waals surface area contributed by atoms with E-state index in [1.807, 2.05) is 11.0 Å². The van der Waals surface area contributed by atoms with Gasteiger partial charge in [-0.2, -0.15) is 15.2 Å². The molecule has 7 rings (SSSR count). The van der Waals surface area contributed by atoms with E-state index in [-0.39, 0.29) is 56.9 Å². The zero-order valence-corrected chi connectivity index (χ0v) is 27.0. The second-order valence-electron chi connectivity index (χ2n) is 12.2. The van der Waals surface area contributed by atoms with Crippen LogP contribution in [-0.4, -0.2) is 78.3 Å². The van der Waals surface area contributed by atoms with Crippen LogP contribution in [0.5, 0.6) is 11.8 Å². The van der Waals surface area contributed by atoms with Crippen LogP contribution in [0.4, 0.5) is 41.6 Å². The van der Waals surface area contributed by atoms with E-state index in [1.54, 1.807) is 0 Å². The van der Waals surface area contributed by atoms with Crippen LogP contribution in [-0.2, 0) is 0 Å². The normalized spacial score (nSPS) is 22.2. The van der Waals surface area contributed by atoms with Crippen molar-refractivity contribution in [2.45, 2.75) is 49.9 Å². The topological polar surface area (TPSA) is 101 Å². The average Bonchev–Trinajstić information content (AvgIpc) is 3.66. The number of rotatable bonds is 8. The van der Waals surface area contributed by atoms with Crippen molar-refractivity contribution >= 4 is 54.7 Å². The molecule has 0 amide bonds. The number of anilines is 2. The number of hydrogen-bond acceptors (Lipinski definition) is 9. The van der Waals surface area contributed by atoms with Gasteiger partial charge >= 0.3 is 6.01 Å². The number of ether oxygens (including phenoxy) is 2. The molecule has 0 radical (unpaired) electrons. The molecule has 2 aromatic carbocycles. The van der Waals surface area contributed by atoms with Gasteiger partial charge in [0.25, 0.3) is 12.9 Å². The smallest absolute Gasteiger partial charge is 0.319 e. The fourth-order valence-electron chi connectivity index (χ4n) is 7.25. The molecule has 3 atom stereocenters. The van der Waals surface area contributed by atoms with Gasteiger partial charge in [-0.15, -0.1) is 11.3 Å². The third-order valence-electron chi connectivity index (χ3n) is 9.45. The third-order valence-corrected chi connectivity index (χ3v) is 10.8. The number of halogens is 8. The summed E-state index contributed by atoms with van der Waals surface area (Å²) >= 11 is 7.59. The summed E-state index contributed by atoms with van der Waals surface area (Å²) in [6.45, 7) is 2.32. The van der Waals surface area contributed by atoms with E-state index in [2.05, 4.69) is 16.5 Å². The Bertz CT molecular complexity index is 2060. The minimum absolute atomic E-state index is 0.0328. The Balaban J connectivity index is 1.49. The molecule has 5 heterocycles. The third kappa shape index (κ3) is 5.37. The lowest BCUT2D eigenvalue weighted by Crippen LogP contribution is -2.45. The Morgan fingerprint density at radius 2 is 2.02 bits per heavy atom. The molecule has 2 N–H and O–H groups in total. The zero-order chi connectivity index (χ0) is 34.9. The molecule has 2 aromatic heterocycles. The van der Waals surface area contributed by atoms with Crippen LogP contribution < -0.4 is 20.1 Å². The Labute approximate surface area is 283 Å². The number of alkyl halides is 5. The summed E-state index contributed by atoms with van der Waals surface area (Å²) in [6.07, 6.45) is -5.79. The Hall–Kier alpha value is -4.07. The van der Waals surface area contributed by atoms with E-state index in [9.17, 15) is 31.6 Å². The molecule has 49 heavy (non-hydrogen) atoms. The van der Waals surface area contributed by atoms with Gasteiger partial charge in [0.15, 0.2) is 11.6 Å². The van der Waals surface area contributed by atoms with Crippen LogP contribution in [0.3, 0.4) is 0 Å². The molecule has 2 fully saturated rings. The van der Waals surface area contributed by atoms with Gasteiger partial charge in [0, 0.05) is 29.5 Å². The summed E-state index contributed by atoms with van der Waals surface area (Å²) in [4.78, 5) is 11.4. The highest BCUT2D eigenvalue weighted by atomic mass is 35.5. The van der Waals surface area contributed by atoms with Gasteiger partial charge < -0.3 is 20.1 Å². The highest BCUT2D eigenvalue weighted by Gasteiger charge is 2.49. The molecule has 4 aromatic rings. The van der Waals surface area contributed by atoms with Gasteiger partial charge in [-0.3, -0.25) is 4.90 Å². The van der Waals surface area contributed by atoms with Crippen molar-refractivity contribution in [1.29, 1.82) is 5.26 Å². The van der Waals surface area contributed by atoms with Crippen molar-refractivity contribution in [3.05, 3.63) is 46.5 Å². The molecular weight excluding hydrogens is 701 g/mol. The summed E-state index contributed by atoms with van der Waals surface area (Å²) in [6, 6.07) is 2.05. The number of hydrogen-bond donors (Lipinski definition) is 1. The molecule has 3 aliphatic heterocycles. The number of nitrogens with two attached hydrogens (primary N) is 1. The van der Waals surface area contributed by atoms with Crippen molar-refractivity contribution in [2.24, 2.45) is 0 Å².